The number of likely N-dealkylation sites (N-methyl/N-ethyl adjacent to an activating group) is 1. The van der Waals surface area contributed by atoms with E-state index in [0.717, 1.165) is 6.42 Å². The summed E-state index contributed by atoms with van der Waals surface area (Å²) in [6, 6.07) is 7.95. The lowest BCUT2D eigenvalue weighted by atomic mass is 10.0. The van der Waals surface area contributed by atoms with Crippen LogP contribution in [0.3, 0.4) is 0 Å². The van der Waals surface area contributed by atoms with E-state index in [9.17, 15) is 9.59 Å². The lowest BCUT2D eigenvalue weighted by molar-refractivity contribution is -0.120. The van der Waals surface area contributed by atoms with Gasteiger partial charge in [0.05, 0.1) is 6.54 Å². The van der Waals surface area contributed by atoms with Gasteiger partial charge in [0.2, 0.25) is 5.91 Å². The molecule has 0 fully saturated rings. The average molecular weight is 327 g/mol. The van der Waals surface area contributed by atoms with Gasteiger partial charge in [0.15, 0.2) is 0 Å². The van der Waals surface area contributed by atoms with Gasteiger partial charge in [-0.3, -0.25) is 4.79 Å². The first-order valence-corrected chi connectivity index (χ1v) is 7.21. The molecule has 1 aromatic carbocycles. The van der Waals surface area contributed by atoms with Crippen molar-refractivity contribution in [2.24, 2.45) is 0 Å². The third kappa shape index (κ3) is 5.20. The molecule has 6 nitrogen and oxygen atoms in total. The van der Waals surface area contributed by atoms with Gasteiger partial charge < -0.3 is 20.9 Å². The van der Waals surface area contributed by atoms with Gasteiger partial charge in [-0.1, -0.05) is 24.3 Å². The van der Waals surface area contributed by atoms with Crippen molar-refractivity contribution < 1.29 is 9.59 Å². The highest BCUT2D eigenvalue weighted by Crippen LogP contribution is 2.18. The van der Waals surface area contributed by atoms with Gasteiger partial charge in [-0.05, 0) is 24.6 Å². The van der Waals surface area contributed by atoms with Crippen molar-refractivity contribution in [1.29, 1.82) is 0 Å². The second-order valence-corrected chi connectivity index (χ2v) is 5.05. The molecule has 0 radical (unpaired) electrons. The Morgan fingerprint density at radius 2 is 1.86 bits per heavy atom. The van der Waals surface area contributed by atoms with Gasteiger partial charge in [-0.2, -0.15) is 0 Å². The zero-order valence-corrected chi connectivity index (χ0v) is 13.5. The van der Waals surface area contributed by atoms with Gasteiger partial charge in [0.25, 0.3) is 0 Å². The summed E-state index contributed by atoms with van der Waals surface area (Å²) in [4.78, 5) is 25.3. The summed E-state index contributed by atoms with van der Waals surface area (Å²) in [7, 11) is 1.82. The van der Waals surface area contributed by atoms with Crippen molar-refractivity contribution in [3.63, 3.8) is 0 Å². The molecule has 0 spiro atoms. The largest absolute Gasteiger partial charge is 0.353 e. The molecule has 1 aliphatic rings. The van der Waals surface area contributed by atoms with E-state index in [2.05, 4.69) is 22.0 Å². The number of rotatable bonds is 5. The van der Waals surface area contributed by atoms with Crippen molar-refractivity contribution in [2.45, 2.75) is 13.0 Å². The van der Waals surface area contributed by atoms with E-state index in [4.69, 9.17) is 0 Å². The fourth-order valence-electron chi connectivity index (χ4n) is 2.33. The summed E-state index contributed by atoms with van der Waals surface area (Å²) >= 11 is 0. The van der Waals surface area contributed by atoms with E-state index in [1.165, 1.54) is 11.1 Å². The lowest BCUT2D eigenvalue weighted by Gasteiger charge is -2.28. The van der Waals surface area contributed by atoms with Crippen LogP contribution < -0.4 is 16.0 Å². The second-order valence-electron chi connectivity index (χ2n) is 5.05. The van der Waals surface area contributed by atoms with Crippen molar-refractivity contribution in [2.75, 3.05) is 33.2 Å². The quantitative estimate of drug-likeness (QED) is 0.690. The van der Waals surface area contributed by atoms with Crippen LogP contribution >= 0.6 is 12.4 Å². The molecule has 3 N–H and O–H groups in total. The summed E-state index contributed by atoms with van der Waals surface area (Å²) in [5.41, 5.74) is 2.48. The Balaban J connectivity index is 0.00000242. The first-order valence-electron chi connectivity index (χ1n) is 7.21. The van der Waals surface area contributed by atoms with Crippen molar-refractivity contribution in [3.05, 3.63) is 35.4 Å². The highest BCUT2D eigenvalue weighted by Gasteiger charge is 2.20. The molecule has 1 aliphatic heterocycles. The molecule has 22 heavy (non-hydrogen) atoms. The maximum absolute atomic E-state index is 12.1. The minimum Gasteiger partial charge on any atom is -0.353 e. The normalized spacial score (nSPS) is 12.9. The van der Waals surface area contributed by atoms with Crippen molar-refractivity contribution in [3.8, 4) is 0 Å². The first kappa shape index (κ1) is 18.3. The number of carbonyl (C=O) groups is 2. The first-order chi connectivity index (χ1) is 10.2. The number of nitrogens with one attached hydrogen (secondary N) is 3. The molecule has 122 valence electrons. The fraction of sp³-hybridized carbons (Fsp3) is 0.467. The van der Waals surface area contributed by atoms with Gasteiger partial charge >= 0.3 is 6.03 Å². The summed E-state index contributed by atoms with van der Waals surface area (Å²) < 4.78 is 0. The summed E-state index contributed by atoms with van der Waals surface area (Å²) in [5, 5.41) is 8.33. The summed E-state index contributed by atoms with van der Waals surface area (Å²) in [5.74, 6) is -0.170. The minimum atomic E-state index is -0.187. The van der Waals surface area contributed by atoms with Crippen LogP contribution in [0.25, 0.3) is 0 Å². The Kier molecular flexibility index (Phi) is 7.70. The monoisotopic (exact) mass is 326 g/mol. The lowest BCUT2D eigenvalue weighted by Crippen LogP contribution is -2.46. The van der Waals surface area contributed by atoms with E-state index in [1.807, 2.05) is 25.2 Å². The molecule has 0 saturated heterocycles. The van der Waals surface area contributed by atoms with Crippen LogP contribution in [0.4, 0.5) is 4.79 Å². The van der Waals surface area contributed by atoms with Gasteiger partial charge in [0, 0.05) is 26.2 Å². The van der Waals surface area contributed by atoms with E-state index in [-0.39, 0.29) is 30.9 Å². The highest BCUT2D eigenvalue weighted by molar-refractivity contribution is 5.85. The zero-order valence-electron chi connectivity index (χ0n) is 12.7. The van der Waals surface area contributed by atoms with E-state index in [1.54, 1.807) is 4.90 Å². The summed E-state index contributed by atoms with van der Waals surface area (Å²) in [6.07, 6.45) is 0.859. The number of amides is 3. The molecule has 7 heteroatoms. The molecule has 1 heterocycles. The number of hydrogen-bond donors (Lipinski definition) is 3. The molecule has 1 aromatic rings. The molecule has 0 aliphatic carbocycles. The Bertz CT molecular complexity index is 510. The number of urea groups is 1. The molecule has 0 bridgehead atoms. The Labute approximate surface area is 137 Å². The number of fused-ring (bicyclic) bond motifs is 1. The highest BCUT2D eigenvalue weighted by atomic mass is 35.5. The van der Waals surface area contributed by atoms with Crippen LogP contribution in [-0.2, 0) is 17.8 Å². The van der Waals surface area contributed by atoms with Gasteiger partial charge in [-0.15, -0.1) is 12.4 Å². The number of nitrogens with zero attached hydrogens (tertiary/aromatic N) is 1. The Morgan fingerprint density at radius 3 is 2.59 bits per heavy atom. The van der Waals surface area contributed by atoms with E-state index in [0.29, 0.717) is 26.2 Å². The van der Waals surface area contributed by atoms with Crippen LogP contribution in [0.15, 0.2) is 24.3 Å². The maximum atomic E-state index is 12.1. The molecule has 0 atom stereocenters. The minimum absolute atomic E-state index is 0. The molecular weight excluding hydrogens is 304 g/mol. The molecule has 2 rings (SSSR count). The van der Waals surface area contributed by atoms with Gasteiger partial charge in [-0.25, -0.2) is 4.79 Å². The molecular formula is C15H23ClN4O2. The van der Waals surface area contributed by atoms with Gasteiger partial charge in [0.1, 0.15) is 0 Å². The predicted molar refractivity (Wildman–Crippen MR) is 88.1 cm³/mol. The van der Waals surface area contributed by atoms with E-state index < -0.39 is 0 Å². The predicted octanol–water partition coefficient (Wildman–Crippen LogP) is 0.512. The topological polar surface area (TPSA) is 73.5 Å². The number of benzene rings is 1. The van der Waals surface area contributed by atoms with Crippen LogP contribution in [0.2, 0.25) is 0 Å². The fourth-order valence-corrected chi connectivity index (χ4v) is 2.33. The van der Waals surface area contributed by atoms with Crippen molar-refractivity contribution in [1.82, 2.24) is 20.9 Å². The third-order valence-corrected chi connectivity index (χ3v) is 3.52. The number of hydrogen-bond acceptors (Lipinski definition) is 3. The zero-order chi connectivity index (χ0) is 15.1. The van der Waals surface area contributed by atoms with Crippen LogP contribution in [0, 0.1) is 0 Å². The number of carbonyl (C=O) groups excluding carboxylic acids is 2. The average Bonchev–Trinajstić information content (AvgIpc) is 2.52. The molecule has 0 unspecified atom stereocenters. The standard InChI is InChI=1S/C15H22N4O2.ClH/c1-16-7-8-17-14(20)10-18-15(21)19-9-6-12-4-2-3-5-13(12)11-19;/h2-5,16H,6-11H2,1H3,(H,17,20)(H,18,21);1H. The summed E-state index contributed by atoms with van der Waals surface area (Å²) in [6.45, 7) is 2.57. The third-order valence-electron chi connectivity index (χ3n) is 3.52. The van der Waals surface area contributed by atoms with Crippen LogP contribution in [0.5, 0.6) is 0 Å². The van der Waals surface area contributed by atoms with E-state index >= 15 is 0 Å². The van der Waals surface area contributed by atoms with Crippen molar-refractivity contribution >= 4 is 24.3 Å². The Hall–Kier alpha value is -1.79. The molecule has 3 amide bonds. The second kappa shape index (κ2) is 9.27. The van der Waals surface area contributed by atoms with Crippen LogP contribution in [0.1, 0.15) is 11.1 Å². The Morgan fingerprint density at radius 1 is 1.14 bits per heavy atom. The molecule has 0 aromatic heterocycles. The van der Waals surface area contributed by atoms with Crippen LogP contribution in [-0.4, -0.2) is 50.1 Å². The maximum Gasteiger partial charge on any atom is 0.318 e. The SMILES string of the molecule is CNCCNC(=O)CNC(=O)N1CCc2ccccc2C1.Cl. The number of halogens is 1. The smallest absolute Gasteiger partial charge is 0.318 e. The molecule has 0 saturated carbocycles.